The highest BCUT2D eigenvalue weighted by Crippen LogP contribution is 2.35. The lowest BCUT2D eigenvalue weighted by Gasteiger charge is -2.14. The number of fused-ring (bicyclic) bond motifs is 2. The highest BCUT2D eigenvalue weighted by molar-refractivity contribution is 6.05. The number of imide groups is 1. The van der Waals surface area contributed by atoms with E-state index in [-0.39, 0.29) is 30.2 Å². The number of rotatable bonds is 2. The maximum absolute atomic E-state index is 12.4. The molecule has 1 aliphatic carbocycles. The van der Waals surface area contributed by atoms with Crippen molar-refractivity contribution in [3.05, 3.63) is 42.2 Å². The van der Waals surface area contributed by atoms with Crippen LogP contribution in [0.25, 0.3) is 11.0 Å². The number of amides is 2. The molecule has 0 radical (unpaired) electrons. The van der Waals surface area contributed by atoms with Gasteiger partial charge in [-0.15, -0.1) is 0 Å². The molecule has 5 nitrogen and oxygen atoms in total. The average Bonchev–Trinajstić information content (AvgIpc) is 3.02. The van der Waals surface area contributed by atoms with Gasteiger partial charge >= 0.3 is 0 Å². The minimum atomic E-state index is -0.174. The third-order valence-corrected chi connectivity index (χ3v) is 4.35. The minimum absolute atomic E-state index is 0.0604. The van der Waals surface area contributed by atoms with Gasteiger partial charge < -0.3 is 4.98 Å². The Morgan fingerprint density at radius 3 is 2.43 bits per heavy atom. The fourth-order valence-electron chi connectivity index (χ4n) is 3.26. The second-order valence-electron chi connectivity index (χ2n) is 5.62. The fourth-order valence-corrected chi connectivity index (χ4v) is 3.26. The van der Waals surface area contributed by atoms with Crippen molar-refractivity contribution in [3.8, 4) is 0 Å². The van der Waals surface area contributed by atoms with E-state index >= 15 is 0 Å². The number of hydrogen-bond acceptors (Lipinski definition) is 3. The summed E-state index contributed by atoms with van der Waals surface area (Å²) in [7, 11) is 0. The molecule has 1 aliphatic heterocycles. The van der Waals surface area contributed by atoms with Gasteiger partial charge in [0, 0.05) is 0 Å². The fraction of sp³-hybridized carbons (Fsp3) is 0.312. The number of H-pyrrole nitrogens is 1. The van der Waals surface area contributed by atoms with Crippen LogP contribution in [0.5, 0.6) is 0 Å². The molecule has 106 valence electrons. The van der Waals surface area contributed by atoms with Gasteiger partial charge in [-0.3, -0.25) is 14.5 Å². The minimum Gasteiger partial charge on any atom is -0.340 e. The van der Waals surface area contributed by atoms with E-state index in [0.717, 1.165) is 11.0 Å². The molecule has 1 N–H and O–H groups in total. The number of carbonyl (C=O) groups is 2. The third-order valence-electron chi connectivity index (χ3n) is 4.35. The summed E-state index contributed by atoms with van der Waals surface area (Å²) in [6.45, 7) is 0.235. The molecule has 5 heteroatoms. The van der Waals surface area contributed by atoms with E-state index in [1.165, 1.54) is 4.90 Å². The molecule has 1 aromatic carbocycles. The lowest BCUT2D eigenvalue weighted by Crippen LogP contribution is -2.30. The monoisotopic (exact) mass is 281 g/mol. The van der Waals surface area contributed by atoms with E-state index in [9.17, 15) is 9.59 Å². The van der Waals surface area contributed by atoms with Crippen LogP contribution >= 0.6 is 0 Å². The molecule has 4 rings (SSSR count). The molecule has 1 saturated heterocycles. The molecule has 0 spiro atoms. The van der Waals surface area contributed by atoms with Gasteiger partial charge in [-0.1, -0.05) is 24.3 Å². The maximum atomic E-state index is 12.4. The number of aromatic amines is 1. The zero-order valence-electron chi connectivity index (χ0n) is 11.5. The van der Waals surface area contributed by atoms with E-state index < -0.39 is 0 Å². The van der Waals surface area contributed by atoms with E-state index in [2.05, 4.69) is 9.97 Å². The van der Waals surface area contributed by atoms with E-state index in [0.29, 0.717) is 18.7 Å². The molecule has 0 bridgehead atoms. The molecule has 2 unspecified atom stereocenters. The first-order valence-electron chi connectivity index (χ1n) is 7.18. The van der Waals surface area contributed by atoms with Gasteiger partial charge in [0.25, 0.3) is 0 Å². The first-order chi connectivity index (χ1) is 10.2. The number of likely N-dealkylation sites (tertiary alicyclic amines) is 1. The van der Waals surface area contributed by atoms with Crippen LogP contribution < -0.4 is 0 Å². The van der Waals surface area contributed by atoms with Gasteiger partial charge in [0.1, 0.15) is 5.82 Å². The zero-order valence-corrected chi connectivity index (χ0v) is 11.5. The molecule has 1 aromatic heterocycles. The Bertz CT molecular complexity index is 703. The second kappa shape index (κ2) is 4.55. The average molecular weight is 281 g/mol. The molecule has 1 fully saturated rings. The van der Waals surface area contributed by atoms with Gasteiger partial charge in [0.15, 0.2) is 0 Å². The van der Waals surface area contributed by atoms with Crippen molar-refractivity contribution >= 4 is 22.8 Å². The maximum Gasteiger partial charge on any atom is 0.233 e. The topological polar surface area (TPSA) is 66.1 Å². The Balaban J connectivity index is 1.62. The van der Waals surface area contributed by atoms with Crippen LogP contribution in [0.3, 0.4) is 0 Å². The van der Waals surface area contributed by atoms with Crippen molar-refractivity contribution in [1.82, 2.24) is 14.9 Å². The van der Waals surface area contributed by atoms with Crippen LogP contribution in [0.2, 0.25) is 0 Å². The van der Waals surface area contributed by atoms with Crippen molar-refractivity contribution in [3.63, 3.8) is 0 Å². The van der Waals surface area contributed by atoms with Crippen molar-refractivity contribution in [2.75, 3.05) is 0 Å². The molecule has 2 aliphatic rings. The molecule has 2 heterocycles. The highest BCUT2D eigenvalue weighted by atomic mass is 16.2. The summed E-state index contributed by atoms with van der Waals surface area (Å²) in [4.78, 5) is 33.8. The molecular formula is C16H15N3O2. The molecular weight excluding hydrogens is 266 g/mol. The number of hydrogen-bond donors (Lipinski definition) is 1. The standard InChI is InChI=1S/C16H15N3O2/c20-15-10-5-1-2-6-11(10)16(21)19(15)9-14-17-12-7-3-4-8-13(12)18-14/h1-4,7-8,10-11H,5-6,9H2,(H,17,18). The first-order valence-corrected chi connectivity index (χ1v) is 7.18. The van der Waals surface area contributed by atoms with Gasteiger partial charge in [-0.05, 0) is 25.0 Å². The van der Waals surface area contributed by atoms with Crippen LogP contribution in [0, 0.1) is 11.8 Å². The first kappa shape index (κ1) is 12.3. The summed E-state index contributed by atoms with van der Waals surface area (Å²) in [5.74, 6) is 0.188. The van der Waals surface area contributed by atoms with Gasteiger partial charge in [-0.2, -0.15) is 0 Å². The predicted octanol–water partition coefficient (Wildman–Crippen LogP) is 2.01. The lowest BCUT2D eigenvalue weighted by atomic mass is 9.85. The van der Waals surface area contributed by atoms with Crippen LogP contribution in [0.15, 0.2) is 36.4 Å². The van der Waals surface area contributed by atoms with Gasteiger partial charge in [0.05, 0.1) is 29.4 Å². The number of nitrogens with one attached hydrogen (secondary N) is 1. The van der Waals surface area contributed by atoms with Crippen LogP contribution in [-0.2, 0) is 16.1 Å². The SMILES string of the molecule is O=C1C2CC=CCC2C(=O)N1Cc1nc2ccccc2[nH]1. The molecule has 2 aromatic rings. The summed E-state index contributed by atoms with van der Waals surface area (Å²) in [6.07, 6.45) is 5.34. The number of aromatic nitrogens is 2. The van der Waals surface area contributed by atoms with Crippen molar-refractivity contribution in [1.29, 1.82) is 0 Å². The summed E-state index contributed by atoms with van der Waals surface area (Å²) in [5, 5.41) is 0. The Morgan fingerprint density at radius 1 is 1.10 bits per heavy atom. The summed E-state index contributed by atoms with van der Waals surface area (Å²) in [6, 6.07) is 7.69. The van der Waals surface area contributed by atoms with E-state index in [4.69, 9.17) is 0 Å². The normalized spacial score (nSPS) is 24.9. The molecule has 21 heavy (non-hydrogen) atoms. The van der Waals surface area contributed by atoms with Crippen LogP contribution in [-0.4, -0.2) is 26.7 Å². The Hall–Kier alpha value is -2.43. The number of nitrogens with zero attached hydrogens (tertiary/aromatic N) is 2. The number of carbonyl (C=O) groups excluding carboxylic acids is 2. The zero-order chi connectivity index (χ0) is 14.4. The molecule has 2 amide bonds. The number of allylic oxidation sites excluding steroid dienone is 2. The third kappa shape index (κ3) is 1.88. The van der Waals surface area contributed by atoms with Gasteiger partial charge in [-0.25, -0.2) is 4.98 Å². The largest absolute Gasteiger partial charge is 0.340 e. The van der Waals surface area contributed by atoms with Crippen LogP contribution in [0.1, 0.15) is 18.7 Å². The Kier molecular flexibility index (Phi) is 2.67. The summed E-state index contributed by atoms with van der Waals surface area (Å²) < 4.78 is 0. The summed E-state index contributed by atoms with van der Waals surface area (Å²) in [5.41, 5.74) is 1.77. The quantitative estimate of drug-likeness (QED) is 0.676. The van der Waals surface area contributed by atoms with Crippen molar-refractivity contribution in [2.45, 2.75) is 19.4 Å². The predicted molar refractivity (Wildman–Crippen MR) is 77.0 cm³/mol. The smallest absolute Gasteiger partial charge is 0.233 e. The van der Waals surface area contributed by atoms with E-state index in [1.807, 2.05) is 36.4 Å². The van der Waals surface area contributed by atoms with Crippen LogP contribution in [0.4, 0.5) is 0 Å². The van der Waals surface area contributed by atoms with Crippen molar-refractivity contribution < 1.29 is 9.59 Å². The molecule has 2 atom stereocenters. The number of benzene rings is 1. The molecule has 0 saturated carbocycles. The van der Waals surface area contributed by atoms with Gasteiger partial charge in [0.2, 0.25) is 11.8 Å². The van der Waals surface area contributed by atoms with Crippen molar-refractivity contribution in [2.24, 2.45) is 11.8 Å². The number of para-hydroxylation sites is 2. The highest BCUT2D eigenvalue weighted by Gasteiger charge is 2.47. The van der Waals surface area contributed by atoms with E-state index in [1.54, 1.807) is 0 Å². The Morgan fingerprint density at radius 2 is 1.76 bits per heavy atom. The second-order valence-corrected chi connectivity index (χ2v) is 5.62. The lowest BCUT2D eigenvalue weighted by molar-refractivity contribution is -0.140. The number of imidazole rings is 1. The Labute approximate surface area is 121 Å². The summed E-state index contributed by atoms with van der Waals surface area (Å²) >= 11 is 0.